The molecule has 2 aliphatic rings. The highest BCUT2D eigenvalue weighted by atomic mass is 79.9. The van der Waals surface area contributed by atoms with Crippen LogP contribution in [0.25, 0.3) is 0 Å². The second-order valence-corrected chi connectivity index (χ2v) is 6.57. The summed E-state index contributed by atoms with van der Waals surface area (Å²) in [5.41, 5.74) is 0.553. The zero-order chi connectivity index (χ0) is 15.9. The maximum Gasteiger partial charge on any atom is 0.251 e. The third-order valence-electron chi connectivity index (χ3n) is 4.06. The highest BCUT2D eigenvalue weighted by Crippen LogP contribution is 2.23. The summed E-state index contributed by atoms with van der Waals surface area (Å²) in [5, 5.41) is 5.56. The molecule has 0 aromatic heterocycles. The molecule has 0 saturated carbocycles. The summed E-state index contributed by atoms with van der Waals surface area (Å²) in [4.78, 5) is 37.8. The first kappa shape index (κ1) is 15.0. The van der Waals surface area contributed by atoms with Crippen LogP contribution in [-0.4, -0.2) is 47.3 Å². The molecule has 3 rings (SSSR count). The number of hydrogen-bond donors (Lipinski definition) is 2. The highest BCUT2D eigenvalue weighted by molar-refractivity contribution is 9.10. The van der Waals surface area contributed by atoms with Gasteiger partial charge in [-0.2, -0.15) is 0 Å². The van der Waals surface area contributed by atoms with Crippen molar-refractivity contribution in [1.29, 1.82) is 0 Å². The smallest absolute Gasteiger partial charge is 0.251 e. The van der Waals surface area contributed by atoms with E-state index in [1.165, 1.54) is 0 Å². The lowest BCUT2D eigenvalue weighted by molar-refractivity contribution is -0.146. The van der Waals surface area contributed by atoms with Gasteiger partial charge in [-0.25, -0.2) is 0 Å². The maximum absolute atomic E-state index is 12.2. The lowest BCUT2D eigenvalue weighted by Crippen LogP contribution is -2.60. The van der Waals surface area contributed by atoms with Crippen molar-refractivity contribution in [1.82, 2.24) is 15.5 Å². The topological polar surface area (TPSA) is 78.5 Å². The SMILES string of the molecule is C[C@H]1NC(=O)[C@@H]2C[C@H](NC(=O)c3ccc(Br)cc3)CN2C1=O. The number of piperazine rings is 1. The van der Waals surface area contributed by atoms with E-state index in [0.717, 1.165) is 4.47 Å². The highest BCUT2D eigenvalue weighted by Gasteiger charge is 2.45. The van der Waals surface area contributed by atoms with Gasteiger partial charge in [0, 0.05) is 22.6 Å². The van der Waals surface area contributed by atoms with Crippen molar-refractivity contribution >= 4 is 33.7 Å². The molecule has 116 valence electrons. The molecule has 0 bridgehead atoms. The molecule has 22 heavy (non-hydrogen) atoms. The minimum absolute atomic E-state index is 0.0926. The first-order valence-corrected chi connectivity index (χ1v) is 7.92. The van der Waals surface area contributed by atoms with Crippen LogP contribution in [0, 0.1) is 0 Å². The second kappa shape index (κ2) is 5.72. The Labute approximate surface area is 136 Å². The van der Waals surface area contributed by atoms with Crippen LogP contribution in [0.5, 0.6) is 0 Å². The van der Waals surface area contributed by atoms with Crippen LogP contribution in [0.2, 0.25) is 0 Å². The predicted molar refractivity (Wildman–Crippen MR) is 83.1 cm³/mol. The van der Waals surface area contributed by atoms with Gasteiger partial charge in [0.2, 0.25) is 11.8 Å². The summed E-state index contributed by atoms with van der Waals surface area (Å²) >= 11 is 3.32. The van der Waals surface area contributed by atoms with E-state index in [9.17, 15) is 14.4 Å². The first-order valence-electron chi connectivity index (χ1n) is 7.13. The standard InChI is InChI=1S/C15H16BrN3O3/c1-8-15(22)19-7-11(6-12(19)14(21)17-8)18-13(20)9-2-4-10(16)5-3-9/h2-5,8,11-12H,6-7H2,1H3,(H,17,21)(H,18,20)/t8-,11+,12+/m1/s1. The van der Waals surface area contributed by atoms with Crippen LogP contribution in [0.15, 0.2) is 28.7 Å². The van der Waals surface area contributed by atoms with Crippen molar-refractivity contribution in [2.75, 3.05) is 6.54 Å². The number of halogens is 1. The quantitative estimate of drug-likeness (QED) is 0.808. The zero-order valence-corrected chi connectivity index (χ0v) is 13.6. The van der Waals surface area contributed by atoms with Gasteiger partial charge < -0.3 is 15.5 Å². The Hall–Kier alpha value is -1.89. The first-order chi connectivity index (χ1) is 10.5. The summed E-state index contributed by atoms with van der Waals surface area (Å²) in [7, 11) is 0. The van der Waals surface area contributed by atoms with Crippen molar-refractivity contribution in [3.05, 3.63) is 34.3 Å². The van der Waals surface area contributed by atoms with Crippen molar-refractivity contribution in [2.45, 2.75) is 31.5 Å². The molecule has 1 aromatic rings. The Bertz CT molecular complexity index is 631. The van der Waals surface area contributed by atoms with E-state index < -0.39 is 12.1 Å². The molecule has 2 N–H and O–H groups in total. The molecule has 6 nitrogen and oxygen atoms in total. The molecule has 0 radical (unpaired) electrons. The average Bonchev–Trinajstić information content (AvgIpc) is 2.90. The predicted octanol–water partition coefficient (Wildman–Crippen LogP) is 0.667. The molecule has 3 atom stereocenters. The summed E-state index contributed by atoms with van der Waals surface area (Å²) in [6.07, 6.45) is 0.451. The monoisotopic (exact) mass is 365 g/mol. The lowest BCUT2D eigenvalue weighted by Gasteiger charge is -2.32. The molecule has 0 spiro atoms. The Balaban J connectivity index is 1.68. The summed E-state index contributed by atoms with van der Waals surface area (Å²) < 4.78 is 0.901. The minimum Gasteiger partial charge on any atom is -0.347 e. The number of carbonyl (C=O) groups is 3. The number of amides is 3. The van der Waals surface area contributed by atoms with Crippen LogP contribution in [0.4, 0.5) is 0 Å². The third-order valence-corrected chi connectivity index (χ3v) is 4.59. The molecule has 2 aliphatic heterocycles. The van der Waals surface area contributed by atoms with Gasteiger partial charge in [0.05, 0.1) is 0 Å². The Kier molecular flexibility index (Phi) is 3.90. The van der Waals surface area contributed by atoms with Gasteiger partial charge in [-0.05, 0) is 37.6 Å². The van der Waals surface area contributed by atoms with Gasteiger partial charge >= 0.3 is 0 Å². The fourth-order valence-electron chi connectivity index (χ4n) is 2.92. The van der Waals surface area contributed by atoms with Crippen LogP contribution < -0.4 is 10.6 Å². The molecular weight excluding hydrogens is 350 g/mol. The average molecular weight is 366 g/mol. The van der Waals surface area contributed by atoms with E-state index in [1.807, 2.05) is 0 Å². The van der Waals surface area contributed by atoms with Crippen LogP contribution >= 0.6 is 15.9 Å². The van der Waals surface area contributed by atoms with E-state index in [0.29, 0.717) is 18.5 Å². The summed E-state index contributed by atoms with van der Waals surface area (Å²) in [6.45, 7) is 2.05. The van der Waals surface area contributed by atoms with Crippen molar-refractivity contribution in [2.24, 2.45) is 0 Å². The van der Waals surface area contributed by atoms with Crippen LogP contribution in [0.1, 0.15) is 23.7 Å². The van der Waals surface area contributed by atoms with Gasteiger partial charge in [0.15, 0.2) is 0 Å². The number of nitrogens with zero attached hydrogens (tertiary/aromatic N) is 1. The molecule has 1 aromatic carbocycles. The number of hydrogen-bond acceptors (Lipinski definition) is 3. The summed E-state index contributed by atoms with van der Waals surface area (Å²) in [6, 6.07) is 5.87. The van der Waals surface area contributed by atoms with Gasteiger partial charge in [0.25, 0.3) is 5.91 Å². The van der Waals surface area contributed by atoms with Crippen molar-refractivity contribution in [3.63, 3.8) is 0 Å². The van der Waals surface area contributed by atoms with Gasteiger partial charge in [-0.15, -0.1) is 0 Å². The lowest BCUT2D eigenvalue weighted by atomic mass is 10.1. The van der Waals surface area contributed by atoms with Gasteiger partial charge in [-0.3, -0.25) is 14.4 Å². The molecule has 2 heterocycles. The van der Waals surface area contributed by atoms with E-state index in [4.69, 9.17) is 0 Å². The second-order valence-electron chi connectivity index (χ2n) is 5.65. The molecule has 7 heteroatoms. The minimum atomic E-state index is -0.496. The van der Waals surface area contributed by atoms with E-state index >= 15 is 0 Å². The van der Waals surface area contributed by atoms with Crippen LogP contribution in [-0.2, 0) is 9.59 Å². The molecule has 2 saturated heterocycles. The maximum atomic E-state index is 12.2. The van der Waals surface area contributed by atoms with Gasteiger partial charge in [-0.1, -0.05) is 15.9 Å². The largest absolute Gasteiger partial charge is 0.347 e. The number of benzene rings is 1. The molecule has 0 aliphatic carbocycles. The van der Waals surface area contributed by atoms with Crippen LogP contribution in [0.3, 0.4) is 0 Å². The Morgan fingerprint density at radius 3 is 2.68 bits per heavy atom. The van der Waals surface area contributed by atoms with Gasteiger partial charge in [0.1, 0.15) is 12.1 Å². The fourth-order valence-corrected chi connectivity index (χ4v) is 3.19. The third kappa shape index (κ3) is 2.72. The number of rotatable bonds is 2. The molecule has 2 fully saturated rings. The normalized spacial score (nSPS) is 27.4. The Morgan fingerprint density at radius 2 is 2.00 bits per heavy atom. The number of nitrogens with one attached hydrogen (secondary N) is 2. The molecular formula is C15H16BrN3O3. The van der Waals surface area contributed by atoms with Crippen molar-refractivity contribution in [3.8, 4) is 0 Å². The molecule has 3 amide bonds. The number of fused-ring (bicyclic) bond motifs is 1. The zero-order valence-electron chi connectivity index (χ0n) is 12.0. The van der Waals surface area contributed by atoms with E-state index in [1.54, 1.807) is 36.1 Å². The fraction of sp³-hybridized carbons (Fsp3) is 0.400. The summed E-state index contributed by atoms with van der Waals surface area (Å²) in [5.74, 6) is -0.435. The van der Waals surface area contributed by atoms with E-state index in [2.05, 4.69) is 26.6 Å². The van der Waals surface area contributed by atoms with E-state index in [-0.39, 0.29) is 23.8 Å². The number of carbonyl (C=O) groups excluding carboxylic acids is 3. The van der Waals surface area contributed by atoms with Crippen molar-refractivity contribution < 1.29 is 14.4 Å². The molecule has 0 unspecified atom stereocenters. The Morgan fingerprint density at radius 1 is 1.32 bits per heavy atom.